The number of hydrogen-bond acceptors (Lipinski definition) is 3. The largest absolute Gasteiger partial charge is 0.380 e. The Balaban J connectivity index is 2.00. The molecule has 1 aliphatic carbocycles. The maximum Gasteiger partial charge on any atom is 0.0755 e. The summed E-state index contributed by atoms with van der Waals surface area (Å²) in [5.74, 6) is 0.733. The van der Waals surface area contributed by atoms with Gasteiger partial charge in [-0.05, 0) is 50.8 Å². The van der Waals surface area contributed by atoms with E-state index in [4.69, 9.17) is 4.74 Å². The van der Waals surface area contributed by atoms with Crippen molar-refractivity contribution in [1.82, 2.24) is 5.32 Å². The maximum atomic E-state index is 5.89. The maximum absolute atomic E-state index is 5.89. The quantitative estimate of drug-likeness (QED) is 0.820. The van der Waals surface area contributed by atoms with E-state index >= 15 is 0 Å². The van der Waals surface area contributed by atoms with Gasteiger partial charge in [0.15, 0.2) is 0 Å². The topological polar surface area (TPSA) is 21.3 Å². The number of likely N-dealkylation sites (N-methyl/N-ethyl adjacent to an activating group) is 1. The van der Waals surface area contributed by atoms with E-state index in [0.29, 0.717) is 12.1 Å². The van der Waals surface area contributed by atoms with E-state index < -0.39 is 0 Å². The molecule has 0 saturated heterocycles. The van der Waals surface area contributed by atoms with Crippen molar-refractivity contribution in [3.8, 4) is 0 Å². The zero-order chi connectivity index (χ0) is 14.4. The first-order valence-electron chi connectivity index (χ1n) is 8.06. The van der Waals surface area contributed by atoms with Crippen LogP contribution in [0.5, 0.6) is 0 Å². The van der Waals surface area contributed by atoms with Crippen LogP contribution < -0.4 is 5.32 Å². The van der Waals surface area contributed by atoms with Gasteiger partial charge >= 0.3 is 0 Å². The molecule has 0 aromatic carbocycles. The highest BCUT2D eigenvalue weighted by atomic mass is 32.1. The number of hydrogen-bond donors (Lipinski definition) is 1. The summed E-state index contributed by atoms with van der Waals surface area (Å²) >= 11 is 1.96. The third-order valence-electron chi connectivity index (χ3n) is 4.64. The number of thiophene rings is 1. The number of ether oxygens (including phenoxy) is 1. The van der Waals surface area contributed by atoms with E-state index in [1.807, 2.05) is 18.4 Å². The molecule has 1 aromatic heterocycles. The number of rotatable bonds is 7. The first-order chi connectivity index (χ1) is 9.78. The summed E-state index contributed by atoms with van der Waals surface area (Å²) in [4.78, 5) is 2.97. The Bertz CT molecular complexity index is 384. The van der Waals surface area contributed by atoms with Gasteiger partial charge < -0.3 is 10.1 Å². The van der Waals surface area contributed by atoms with Crippen molar-refractivity contribution >= 4 is 11.3 Å². The highest BCUT2D eigenvalue weighted by molar-refractivity contribution is 7.11. The molecule has 20 heavy (non-hydrogen) atoms. The molecule has 2 unspecified atom stereocenters. The molecule has 0 bridgehead atoms. The predicted octanol–water partition coefficient (Wildman–Crippen LogP) is 4.04. The number of aryl methyl sites for hydroxylation is 1. The third-order valence-corrected chi connectivity index (χ3v) is 5.89. The average Bonchev–Trinajstić information content (AvgIpc) is 2.96. The third kappa shape index (κ3) is 4.06. The van der Waals surface area contributed by atoms with Crippen LogP contribution in [0.3, 0.4) is 0 Å². The van der Waals surface area contributed by atoms with Crippen LogP contribution in [0.4, 0.5) is 0 Å². The second kappa shape index (κ2) is 8.16. The van der Waals surface area contributed by atoms with E-state index in [9.17, 15) is 0 Å². The smallest absolute Gasteiger partial charge is 0.0755 e. The Morgan fingerprint density at radius 2 is 1.95 bits per heavy atom. The van der Waals surface area contributed by atoms with Gasteiger partial charge in [-0.25, -0.2) is 0 Å². The molecular formula is C17H29NOS. The molecule has 1 aromatic rings. The van der Waals surface area contributed by atoms with Gasteiger partial charge in [0.25, 0.3) is 0 Å². The molecular weight excluding hydrogens is 266 g/mol. The van der Waals surface area contributed by atoms with Gasteiger partial charge in [-0.2, -0.15) is 0 Å². The van der Waals surface area contributed by atoms with Gasteiger partial charge in [0.05, 0.1) is 6.10 Å². The van der Waals surface area contributed by atoms with Crippen molar-refractivity contribution in [1.29, 1.82) is 0 Å². The van der Waals surface area contributed by atoms with Crippen molar-refractivity contribution in [2.45, 2.75) is 64.0 Å². The summed E-state index contributed by atoms with van der Waals surface area (Å²) in [7, 11) is 3.96. The van der Waals surface area contributed by atoms with Crippen LogP contribution in [0.1, 0.15) is 48.8 Å². The molecule has 3 heteroatoms. The van der Waals surface area contributed by atoms with E-state index in [0.717, 1.165) is 18.8 Å². The standard InChI is InChI=1S/C17H29NOS/c1-4-14-10-11-15(20-14)12-16(18-2)17(19-3)13-8-6-5-7-9-13/h10-11,13,16-18H,4-9,12H2,1-3H3. The molecule has 1 saturated carbocycles. The second-order valence-corrected chi connectivity index (χ2v) is 7.17. The van der Waals surface area contributed by atoms with E-state index in [-0.39, 0.29) is 0 Å². The number of methoxy groups -OCH3 is 1. The minimum atomic E-state index is 0.354. The SMILES string of the molecule is CCc1ccc(CC(NC)C(OC)C2CCCCC2)s1. The van der Waals surface area contributed by atoms with Crippen LogP contribution in [0.15, 0.2) is 12.1 Å². The van der Waals surface area contributed by atoms with Crippen LogP contribution in [-0.4, -0.2) is 26.3 Å². The van der Waals surface area contributed by atoms with Crippen LogP contribution in [0.2, 0.25) is 0 Å². The summed E-state index contributed by atoms with van der Waals surface area (Å²) in [6.07, 6.45) is 9.42. The summed E-state index contributed by atoms with van der Waals surface area (Å²) in [5.41, 5.74) is 0. The number of nitrogens with one attached hydrogen (secondary N) is 1. The average molecular weight is 295 g/mol. The zero-order valence-electron chi connectivity index (χ0n) is 13.2. The second-order valence-electron chi connectivity index (χ2n) is 5.92. The van der Waals surface area contributed by atoms with E-state index in [1.165, 1.54) is 41.9 Å². The predicted molar refractivity (Wildman–Crippen MR) is 87.6 cm³/mol. The molecule has 1 fully saturated rings. The van der Waals surface area contributed by atoms with Gasteiger partial charge in [-0.3, -0.25) is 0 Å². The Labute approximate surface area is 127 Å². The van der Waals surface area contributed by atoms with Crippen molar-refractivity contribution in [2.24, 2.45) is 5.92 Å². The first kappa shape index (κ1) is 16.0. The molecule has 1 N–H and O–H groups in total. The minimum absolute atomic E-state index is 0.354. The van der Waals surface area contributed by atoms with Crippen LogP contribution >= 0.6 is 11.3 Å². The molecule has 114 valence electrons. The normalized spacial score (nSPS) is 19.9. The summed E-state index contributed by atoms with van der Waals surface area (Å²) in [5, 5.41) is 3.51. The van der Waals surface area contributed by atoms with E-state index in [1.54, 1.807) is 0 Å². The molecule has 2 rings (SSSR count). The van der Waals surface area contributed by atoms with Gasteiger partial charge in [0.2, 0.25) is 0 Å². The molecule has 1 heterocycles. The van der Waals surface area contributed by atoms with Crippen molar-refractivity contribution in [3.63, 3.8) is 0 Å². The Morgan fingerprint density at radius 1 is 1.25 bits per heavy atom. The van der Waals surface area contributed by atoms with Gasteiger partial charge in [0, 0.05) is 22.9 Å². The van der Waals surface area contributed by atoms with E-state index in [2.05, 4.69) is 31.4 Å². The molecule has 0 amide bonds. The lowest BCUT2D eigenvalue weighted by atomic mass is 9.81. The minimum Gasteiger partial charge on any atom is -0.380 e. The first-order valence-corrected chi connectivity index (χ1v) is 8.87. The highest BCUT2D eigenvalue weighted by Crippen LogP contribution is 2.30. The molecule has 1 aliphatic rings. The molecule has 0 aliphatic heterocycles. The fraction of sp³-hybridized carbons (Fsp3) is 0.765. The highest BCUT2D eigenvalue weighted by Gasteiger charge is 2.30. The molecule has 2 atom stereocenters. The van der Waals surface area contributed by atoms with Crippen molar-refractivity contribution < 1.29 is 4.74 Å². The lowest BCUT2D eigenvalue weighted by molar-refractivity contribution is 0.0103. The van der Waals surface area contributed by atoms with Crippen LogP contribution in [0, 0.1) is 5.92 Å². The van der Waals surface area contributed by atoms with Gasteiger partial charge in [-0.15, -0.1) is 11.3 Å². The summed E-state index contributed by atoms with van der Waals surface area (Å²) in [6.45, 7) is 2.23. The van der Waals surface area contributed by atoms with Crippen LogP contribution in [-0.2, 0) is 17.6 Å². The molecule has 0 radical (unpaired) electrons. The van der Waals surface area contributed by atoms with Gasteiger partial charge in [-0.1, -0.05) is 26.2 Å². The summed E-state index contributed by atoms with van der Waals surface area (Å²) < 4.78 is 5.89. The van der Waals surface area contributed by atoms with Crippen molar-refractivity contribution in [2.75, 3.05) is 14.2 Å². The summed E-state index contributed by atoms with van der Waals surface area (Å²) in [6, 6.07) is 5.00. The fourth-order valence-electron chi connectivity index (χ4n) is 3.47. The Morgan fingerprint density at radius 3 is 2.50 bits per heavy atom. The lowest BCUT2D eigenvalue weighted by Crippen LogP contribution is -2.45. The fourth-order valence-corrected chi connectivity index (χ4v) is 4.49. The lowest BCUT2D eigenvalue weighted by Gasteiger charge is -2.34. The van der Waals surface area contributed by atoms with Crippen molar-refractivity contribution in [3.05, 3.63) is 21.9 Å². The molecule has 2 nitrogen and oxygen atoms in total. The Kier molecular flexibility index (Phi) is 6.53. The van der Waals surface area contributed by atoms with Crippen LogP contribution in [0.25, 0.3) is 0 Å². The Hall–Kier alpha value is -0.380. The monoisotopic (exact) mass is 295 g/mol. The molecule has 0 spiro atoms. The van der Waals surface area contributed by atoms with Gasteiger partial charge in [0.1, 0.15) is 0 Å². The zero-order valence-corrected chi connectivity index (χ0v) is 14.0.